The van der Waals surface area contributed by atoms with Crippen molar-refractivity contribution in [3.05, 3.63) is 93.3 Å². The number of nitrogens with zero attached hydrogens (tertiary/aromatic N) is 1. The summed E-state index contributed by atoms with van der Waals surface area (Å²) in [7, 11) is 0. The number of rotatable bonds is 4. The Morgan fingerprint density at radius 1 is 0.882 bits per heavy atom. The third kappa shape index (κ3) is 5.11. The summed E-state index contributed by atoms with van der Waals surface area (Å²) < 4.78 is 15.2. The topological polar surface area (TPSA) is 92.2 Å². The van der Waals surface area contributed by atoms with Crippen molar-refractivity contribution in [2.24, 2.45) is 0 Å². The molecule has 3 aromatic carbocycles. The van der Waals surface area contributed by atoms with Crippen molar-refractivity contribution >= 4 is 67.5 Å². The predicted molar refractivity (Wildman–Crippen MR) is 133 cm³/mol. The van der Waals surface area contributed by atoms with Gasteiger partial charge in [-0.15, -0.1) is 0 Å². The van der Waals surface area contributed by atoms with E-state index in [2.05, 4.69) is 32.0 Å². The molecule has 172 valence electrons. The van der Waals surface area contributed by atoms with E-state index in [1.54, 1.807) is 36.4 Å². The highest BCUT2D eigenvalue weighted by Crippen LogP contribution is 2.25. The minimum Gasteiger partial charge on any atom is -0.321 e. The molecule has 3 amide bonds. The van der Waals surface area contributed by atoms with Crippen molar-refractivity contribution in [3.63, 3.8) is 0 Å². The Morgan fingerprint density at radius 2 is 1.59 bits per heavy atom. The average Bonchev–Trinajstić information content (AvgIpc) is 3.15. The van der Waals surface area contributed by atoms with Crippen LogP contribution in [0.3, 0.4) is 0 Å². The molecule has 3 N–H and O–H groups in total. The zero-order chi connectivity index (χ0) is 24.4. The number of amides is 3. The van der Waals surface area contributed by atoms with Crippen LogP contribution in [0.25, 0.3) is 10.9 Å². The summed E-state index contributed by atoms with van der Waals surface area (Å²) >= 11 is 9.50. The Bertz CT molecular complexity index is 1440. The number of anilines is 2. The second kappa shape index (κ2) is 9.66. The minimum atomic E-state index is -1.02. The maximum Gasteiger partial charge on any atom is 0.328 e. The van der Waals surface area contributed by atoms with Gasteiger partial charge in [-0.25, -0.2) is 9.07 Å². The Balaban J connectivity index is 1.62. The Hall–Kier alpha value is -3.69. The largest absolute Gasteiger partial charge is 0.328 e. The molecule has 0 spiro atoms. The van der Waals surface area contributed by atoms with E-state index >= 15 is 0 Å². The van der Waals surface area contributed by atoms with Crippen LogP contribution in [0.2, 0.25) is 5.02 Å². The number of nitrogens with one attached hydrogen (secondary N) is 3. The molecule has 0 radical (unpaired) electrons. The molecule has 4 aromatic rings. The summed E-state index contributed by atoms with van der Waals surface area (Å²) in [4.78, 5) is 38.1. The maximum absolute atomic E-state index is 13.1. The number of carbonyl (C=O) groups is 3. The van der Waals surface area contributed by atoms with E-state index in [4.69, 9.17) is 11.6 Å². The van der Waals surface area contributed by atoms with E-state index in [-0.39, 0.29) is 11.4 Å². The van der Waals surface area contributed by atoms with E-state index in [1.807, 2.05) is 13.0 Å². The normalized spacial score (nSPS) is 10.7. The highest BCUT2D eigenvalue weighted by atomic mass is 79.9. The van der Waals surface area contributed by atoms with Crippen LogP contribution in [-0.2, 0) is 9.59 Å². The third-order valence-electron chi connectivity index (χ3n) is 4.93. The number of fused-ring (bicyclic) bond motifs is 1. The molecular formula is C24H17BrClFN4O3. The van der Waals surface area contributed by atoms with Crippen molar-refractivity contribution in [2.45, 2.75) is 6.92 Å². The SMILES string of the molecule is Cc1cc(NC(=O)c2cc3cc(Cl)ccc3n2NC(=O)C(=O)Nc2ccc(F)cc2)ccc1Br. The van der Waals surface area contributed by atoms with Crippen molar-refractivity contribution in [2.75, 3.05) is 16.1 Å². The van der Waals surface area contributed by atoms with Gasteiger partial charge in [0.15, 0.2) is 0 Å². The zero-order valence-electron chi connectivity index (χ0n) is 17.7. The van der Waals surface area contributed by atoms with Gasteiger partial charge in [-0.05, 0) is 79.2 Å². The Morgan fingerprint density at radius 3 is 2.29 bits per heavy atom. The van der Waals surface area contributed by atoms with Crippen molar-refractivity contribution in [1.29, 1.82) is 0 Å². The first-order chi connectivity index (χ1) is 16.2. The molecule has 0 fully saturated rings. The molecule has 0 atom stereocenters. The first kappa shape index (κ1) is 23.5. The van der Waals surface area contributed by atoms with E-state index < -0.39 is 23.5 Å². The first-order valence-electron chi connectivity index (χ1n) is 9.97. The van der Waals surface area contributed by atoms with Gasteiger partial charge >= 0.3 is 11.8 Å². The Kier molecular flexibility index (Phi) is 6.67. The van der Waals surface area contributed by atoms with Crippen molar-refractivity contribution < 1.29 is 18.8 Å². The van der Waals surface area contributed by atoms with Gasteiger partial charge < -0.3 is 10.6 Å². The molecule has 0 saturated heterocycles. The number of halogens is 3. The van der Waals surface area contributed by atoms with Gasteiger partial charge in [0.2, 0.25) is 0 Å². The number of hydrogen-bond acceptors (Lipinski definition) is 3. The highest BCUT2D eigenvalue weighted by molar-refractivity contribution is 9.10. The molecule has 0 saturated carbocycles. The summed E-state index contributed by atoms with van der Waals surface area (Å²) in [5.74, 6) is -2.99. The van der Waals surface area contributed by atoms with Crippen LogP contribution < -0.4 is 16.1 Å². The number of hydrogen-bond donors (Lipinski definition) is 3. The van der Waals surface area contributed by atoms with Gasteiger partial charge in [-0.3, -0.25) is 19.8 Å². The molecule has 34 heavy (non-hydrogen) atoms. The molecule has 4 rings (SSSR count). The summed E-state index contributed by atoms with van der Waals surface area (Å²) in [6, 6.07) is 16.7. The monoisotopic (exact) mass is 542 g/mol. The molecule has 0 aliphatic rings. The lowest BCUT2D eigenvalue weighted by molar-refractivity contribution is -0.133. The fourth-order valence-electron chi connectivity index (χ4n) is 3.26. The standard InChI is InChI=1S/C24H17BrClFN4O3/c1-13-10-18(7-8-19(13)25)29-22(32)21-12-14-11-15(26)2-9-20(14)31(21)30-24(34)23(33)28-17-5-3-16(27)4-6-17/h2-12H,1H3,(H,28,33)(H,29,32)(H,30,34). The zero-order valence-corrected chi connectivity index (χ0v) is 20.0. The van der Waals surface area contributed by atoms with E-state index in [0.29, 0.717) is 21.6 Å². The lowest BCUT2D eigenvalue weighted by Gasteiger charge is -2.13. The van der Waals surface area contributed by atoms with Gasteiger partial charge in [-0.1, -0.05) is 27.5 Å². The molecule has 0 bridgehead atoms. The third-order valence-corrected chi connectivity index (χ3v) is 6.06. The quantitative estimate of drug-likeness (QED) is 0.298. The lowest BCUT2D eigenvalue weighted by atomic mass is 10.2. The van der Waals surface area contributed by atoms with Crippen LogP contribution in [0, 0.1) is 12.7 Å². The number of aromatic nitrogens is 1. The smallest absolute Gasteiger partial charge is 0.321 e. The fraction of sp³-hybridized carbons (Fsp3) is 0.0417. The van der Waals surface area contributed by atoms with Crippen molar-refractivity contribution in [3.8, 4) is 0 Å². The molecule has 7 nitrogen and oxygen atoms in total. The van der Waals surface area contributed by atoms with E-state index in [9.17, 15) is 18.8 Å². The number of carbonyl (C=O) groups excluding carboxylic acids is 3. The summed E-state index contributed by atoms with van der Waals surface area (Å²) in [5.41, 5.74) is 4.73. The predicted octanol–water partition coefficient (Wildman–Crippen LogP) is 5.47. The van der Waals surface area contributed by atoms with Crippen LogP contribution in [0.15, 0.2) is 71.2 Å². The fourth-order valence-corrected chi connectivity index (χ4v) is 3.69. The van der Waals surface area contributed by atoms with Crippen molar-refractivity contribution in [1.82, 2.24) is 4.68 Å². The van der Waals surface area contributed by atoms with Crippen LogP contribution in [0.5, 0.6) is 0 Å². The molecule has 1 aromatic heterocycles. The molecule has 1 heterocycles. The Labute approximate surface area is 207 Å². The second-order valence-corrected chi connectivity index (χ2v) is 8.68. The van der Waals surface area contributed by atoms with Crippen LogP contribution in [0.4, 0.5) is 15.8 Å². The summed E-state index contributed by atoms with van der Waals surface area (Å²) in [6.07, 6.45) is 0. The van der Waals surface area contributed by atoms with Gasteiger partial charge in [0.25, 0.3) is 5.91 Å². The molecule has 0 unspecified atom stereocenters. The highest BCUT2D eigenvalue weighted by Gasteiger charge is 2.21. The number of benzene rings is 3. The van der Waals surface area contributed by atoms with Crippen LogP contribution >= 0.6 is 27.5 Å². The van der Waals surface area contributed by atoms with E-state index in [1.165, 1.54) is 16.8 Å². The lowest BCUT2D eigenvalue weighted by Crippen LogP contribution is -2.36. The van der Waals surface area contributed by atoms with Crippen LogP contribution in [0.1, 0.15) is 16.1 Å². The maximum atomic E-state index is 13.1. The molecule has 10 heteroatoms. The summed E-state index contributed by atoms with van der Waals surface area (Å²) in [6.45, 7) is 1.89. The average molecular weight is 544 g/mol. The van der Waals surface area contributed by atoms with Gasteiger partial charge in [0, 0.05) is 26.3 Å². The number of aryl methyl sites for hydroxylation is 1. The van der Waals surface area contributed by atoms with E-state index in [0.717, 1.165) is 22.2 Å². The molecule has 0 aliphatic heterocycles. The van der Waals surface area contributed by atoms with Gasteiger partial charge in [0.05, 0.1) is 5.52 Å². The summed E-state index contributed by atoms with van der Waals surface area (Å²) in [5, 5.41) is 6.20. The molecule has 0 aliphatic carbocycles. The minimum absolute atomic E-state index is 0.0840. The first-order valence-corrected chi connectivity index (χ1v) is 11.1. The molecular weight excluding hydrogens is 527 g/mol. The second-order valence-electron chi connectivity index (χ2n) is 7.39. The van der Waals surface area contributed by atoms with Gasteiger partial charge in [0.1, 0.15) is 11.5 Å². The van der Waals surface area contributed by atoms with Crippen LogP contribution in [-0.4, -0.2) is 22.4 Å². The van der Waals surface area contributed by atoms with Gasteiger partial charge in [-0.2, -0.15) is 0 Å².